The molecule has 0 aromatic heterocycles. The Morgan fingerprint density at radius 2 is 2.24 bits per heavy atom. The molecule has 1 aromatic rings. The fraction of sp³-hybridized carbons (Fsp3) is 0.500. The molecule has 7 heteroatoms. The van der Waals surface area contributed by atoms with Gasteiger partial charge in [-0.1, -0.05) is 49.4 Å². The SMILES string of the molecule is CCN(CC)CCSC(=S)Nc1cc2c(cc1Cl)CO[B]2. The summed E-state index contributed by atoms with van der Waals surface area (Å²) in [4.78, 5) is 2.38. The van der Waals surface area contributed by atoms with E-state index in [2.05, 4.69) is 24.1 Å². The lowest BCUT2D eigenvalue weighted by atomic mass is 9.87. The van der Waals surface area contributed by atoms with Crippen LogP contribution in [-0.2, 0) is 11.3 Å². The molecule has 1 aliphatic heterocycles. The second kappa shape index (κ2) is 8.39. The van der Waals surface area contributed by atoms with Crippen LogP contribution in [0.3, 0.4) is 0 Å². The van der Waals surface area contributed by atoms with Crippen LogP contribution in [0.5, 0.6) is 0 Å². The number of benzene rings is 1. The fourth-order valence-electron chi connectivity index (χ4n) is 2.14. The van der Waals surface area contributed by atoms with Crippen molar-refractivity contribution >= 4 is 58.5 Å². The van der Waals surface area contributed by atoms with Crippen molar-refractivity contribution < 1.29 is 4.65 Å². The summed E-state index contributed by atoms with van der Waals surface area (Å²) in [6, 6.07) is 3.92. The average Bonchev–Trinajstić information content (AvgIpc) is 2.91. The van der Waals surface area contributed by atoms with Gasteiger partial charge in [-0.3, -0.25) is 0 Å². The minimum Gasteiger partial charge on any atom is -0.430 e. The van der Waals surface area contributed by atoms with E-state index in [4.69, 9.17) is 28.5 Å². The highest BCUT2D eigenvalue weighted by Crippen LogP contribution is 2.25. The molecule has 2 rings (SSSR count). The molecule has 0 aliphatic carbocycles. The molecule has 1 aromatic carbocycles. The van der Waals surface area contributed by atoms with Crippen molar-refractivity contribution in [3.63, 3.8) is 0 Å². The Labute approximate surface area is 142 Å². The maximum Gasteiger partial charge on any atom is 0.330 e. The van der Waals surface area contributed by atoms with E-state index < -0.39 is 0 Å². The molecule has 21 heavy (non-hydrogen) atoms. The van der Waals surface area contributed by atoms with E-state index in [0.29, 0.717) is 11.6 Å². The van der Waals surface area contributed by atoms with Crippen molar-refractivity contribution in [3.05, 3.63) is 22.7 Å². The maximum absolute atomic E-state index is 6.27. The Balaban J connectivity index is 1.85. The van der Waals surface area contributed by atoms with Crippen LogP contribution in [0.15, 0.2) is 12.1 Å². The lowest BCUT2D eigenvalue weighted by Gasteiger charge is -2.17. The number of halogens is 1. The number of fused-ring (bicyclic) bond motifs is 1. The van der Waals surface area contributed by atoms with E-state index in [1.807, 2.05) is 12.1 Å². The molecular weight excluding hydrogens is 323 g/mol. The van der Waals surface area contributed by atoms with Crippen LogP contribution in [-0.4, -0.2) is 42.1 Å². The van der Waals surface area contributed by atoms with E-state index in [0.717, 1.165) is 46.4 Å². The minimum atomic E-state index is 0.596. The molecular formula is C14H19BClN2OS2. The number of nitrogens with zero attached hydrogens (tertiary/aromatic N) is 1. The molecule has 3 nitrogen and oxygen atoms in total. The Bertz CT molecular complexity index is 512. The molecule has 0 atom stereocenters. The predicted molar refractivity (Wildman–Crippen MR) is 98.1 cm³/mol. The summed E-state index contributed by atoms with van der Waals surface area (Å²) >= 11 is 13.3. The number of nitrogens with one attached hydrogen (secondary N) is 1. The highest BCUT2D eigenvalue weighted by Gasteiger charge is 2.16. The van der Waals surface area contributed by atoms with Gasteiger partial charge in [0.25, 0.3) is 0 Å². The molecule has 1 heterocycles. The third-order valence-electron chi connectivity index (χ3n) is 3.45. The molecule has 113 valence electrons. The summed E-state index contributed by atoms with van der Waals surface area (Å²) in [5, 5.41) is 3.90. The van der Waals surface area contributed by atoms with Crippen LogP contribution in [0.2, 0.25) is 5.02 Å². The van der Waals surface area contributed by atoms with Gasteiger partial charge in [0.15, 0.2) is 0 Å². The van der Waals surface area contributed by atoms with Crippen LogP contribution >= 0.6 is 35.6 Å². The monoisotopic (exact) mass is 341 g/mol. The fourth-order valence-corrected chi connectivity index (χ4v) is 3.45. The second-order valence-corrected chi connectivity index (χ2v) is 6.93. The molecule has 0 bridgehead atoms. The summed E-state index contributed by atoms with van der Waals surface area (Å²) in [6.07, 6.45) is 0. The predicted octanol–water partition coefficient (Wildman–Crippen LogP) is 2.89. The van der Waals surface area contributed by atoms with Gasteiger partial charge < -0.3 is 14.9 Å². The van der Waals surface area contributed by atoms with Crippen molar-refractivity contribution in [2.24, 2.45) is 0 Å². The lowest BCUT2D eigenvalue weighted by Crippen LogP contribution is -2.26. The third kappa shape index (κ3) is 4.86. The smallest absolute Gasteiger partial charge is 0.330 e. The first kappa shape index (κ1) is 17.1. The zero-order valence-corrected chi connectivity index (χ0v) is 14.7. The second-order valence-electron chi connectivity index (χ2n) is 4.75. The van der Waals surface area contributed by atoms with Crippen LogP contribution in [0.4, 0.5) is 5.69 Å². The molecule has 0 fully saturated rings. The Kier molecular flexibility index (Phi) is 6.83. The van der Waals surface area contributed by atoms with Crippen molar-refractivity contribution in [2.75, 3.05) is 30.7 Å². The van der Waals surface area contributed by atoms with Crippen molar-refractivity contribution in [2.45, 2.75) is 20.5 Å². The van der Waals surface area contributed by atoms with Gasteiger partial charge in [-0.25, -0.2) is 0 Å². The van der Waals surface area contributed by atoms with Crippen molar-refractivity contribution in [1.82, 2.24) is 4.90 Å². The van der Waals surface area contributed by atoms with Crippen LogP contribution in [0.1, 0.15) is 19.4 Å². The first-order valence-corrected chi connectivity index (χ1v) is 8.84. The minimum absolute atomic E-state index is 0.596. The number of hydrogen-bond donors (Lipinski definition) is 1. The van der Waals surface area contributed by atoms with Crippen molar-refractivity contribution in [1.29, 1.82) is 0 Å². The number of hydrogen-bond acceptors (Lipinski definition) is 4. The van der Waals surface area contributed by atoms with Gasteiger partial charge in [-0.05, 0) is 36.2 Å². The third-order valence-corrected chi connectivity index (χ3v) is 4.97. The van der Waals surface area contributed by atoms with E-state index >= 15 is 0 Å². The zero-order chi connectivity index (χ0) is 15.2. The summed E-state index contributed by atoms with van der Waals surface area (Å²) in [5.41, 5.74) is 3.03. The van der Waals surface area contributed by atoms with Gasteiger partial charge in [0, 0.05) is 12.3 Å². The van der Waals surface area contributed by atoms with E-state index in [9.17, 15) is 0 Å². The number of anilines is 1. The van der Waals surface area contributed by atoms with Crippen LogP contribution < -0.4 is 10.8 Å². The molecule has 1 N–H and O–H groups in total. The largest absolute Gasteiger partial charge is 0.430 e. The van der Waals surface area contributed by atoms with Crippen molar-refractivity contribution in [3.8, 4) is 0 Å². The summed E-state index contributed by atoms with van der Waals surface area (Å²) in [6.45, 7) is 8.13. The van der Waals surface area contributed by atoms with Crippen LogP contribution in [0.25, 0.3) is 0 Å². The normalized spacial score (nSPS) is 13.1. The molecule has 0 saturated heterocycles. The van der Waals surface area contributed by atoms with E-state index in [-0.39, 0.29) is 0 Å². The Morgan fingerprint density at radius 3 is 2.95 bits per heavy atom. The summed E-state index contributed by atoms with van der Waals surface area (Å²) in [7, 11) is 1.76. The standard InChI is InChI=1S/C14H19BClN2OS2/c1-3-18(4-2)5-6-21-14(20)17-13-8-11-10(7-12(13)16)9-19-15-11/h7-8H,3-6,9H2,1-2H3,(H,17,20). The molecule has 0 amide bonds. The number of rotatable bonds is 6. The lowest BCUT2D eigenvalue weighted by molar-refractivity contribution is 0.324. The maximum atomic E-state index is 6.27. The quantitative estimate of drug-likeness (QED) is 0.633. The van der Waals surface area contributed by atoms with Gasteiger partial charge in [0.1, 0.15) is 4.32 Å². The zero-order valence-electron chi connectivity index (χ0n) is 12.3. The summed E-state index contributed by atoms with van der Waals surface area (Å²) in [5.74, 6) is 0.977. The highest BCUT2D eigenvalue weighted by molar-refractivity contribution is 8.23. The molecule has 1 aliphatic rings. The Hall–Kier alpha value is -0.265. The van der Waals surface area contributed by atoms with Gasteiger partial charge in [0.2, 0.25) is 0 Å². The molecule has 0 saturated carbocycles. The topological polar surface area (TPSA) is 24.5 Å². The van der Waals surface area contributed by atoms with E-state index in [1.54, 1.807) is 19.2 Å². The molecule has 1 radical (unpaired) electrons. The van der Waals surface area contributed by atoms with E-state index in [1.165, 1.54) is 0 Å². The van der Waals surface area contributed by atoms with Gasteiger partial charge in [0.05, 0.1) is 17.3 Å². The molecule has 0 spiro atoms. The van der Waals surface area contributed by atoms with Gasteiger partial charge >= 0.3 is 7.48 Å². The summed E-state index contributed by atoms with van der Waals surface area (Å²) < 4.78 is 6.04. The molecule has 0 unspecified atom stereocenters. The first-order chi connectivity index (χ1) is 10.1. The van der Waals surface area contributed by atoms with Gasteiger partial charge in [-0.15, -0.1) is 0 Å². The average molecular weight is 342 g/mol. The van der Waals surface area contributed by atoms with Crippen LogP contribution in [0, 0.1) is 0 Å². The van der Waals surface area contributed by atoms with Gasteiger partial charge in [-0.2, -0.15) is 0 Å². The number of thiocarbonyl (C=S) groups is 1. The number of thioether (sulfide) groups is 1. The highest BCUT2D eigenvalue weighted by atomic mass is 35.5. The Morgan fingerprint density at radius 1 is 1.48 bits per heavy atom. The first-order valence-electron chi connectivity index (χ1n) is 7.07.